The molecule has 0 aliphatic rings. The fraction of sp³-hybridized carbons (Fsp3) is 0.940. The molecular formula is C67H130O17P2. The van der Waals surface area contributed by atoms with Crippen LogP contribution >= 0.6 is 15.6 Å². The number of hydrogen-bond acceptors (Lipinski definition) is 15. The zero-order valence-corrected chi connectivity index (χ0v) is 57.7. The summed E-state index contributed by atoms with van der Waals surface area (Å²) in [5.74, 6) is 0.777. The van der Waals surface area contributed by atoms with Crippen LogP contribution in [0.4, 0.5) is 0 Å². The zero-order valence-electron chi connectivity index (χ0n) is 55.9. The van der Waals surface area contributed by atoms with Crippen LogP contribution in [0.5, 0.6) is 0 Å². The van der Waals surface area contributed by atoms with Crippen molar-refractivity contribution < 1.29 is 80.2 Å². The van der Waals surface area contributed by atoms with E-state index in [1.807, 2.05) is 0 Å². The fourth-order valence-corrected chi connectivity index (χ4v) is 11.5. The van der Waals surface area contributed by atoms with Crippen molar-refractivity contribution in [2.45, 2.75) is 343 Å². The number of esters is 4. The van der Waals surface area contributed by atoms with Gasteiger partial charge in [-0.3, -0.25) is 37.3 Å². The van der Waals surface area contributed by atoms with Crippen LogP contribution in [0.1, 0.15) is 325 Å². The summed E-state index contributed by atoms with van der Waals surface area (Å²) >= 11 is 0. The van der Waals surface area contributed by atoms with Crippen LogP contribution in [-0.4, -0.2) is 96.7 Å². The van der Waals surface area contributed by atoms with E-state index in [1.165, 1.54) is 116 Å². The van der Waals surface area contributed by atoms with Crippen molar-refractivity contribution in [3.8, 4) is 0 Å². The van der Waals surface area contributed by atoms with Gasteiger partial charge in [0.2, 0.25) is 0 Å². The Morgan fingerprint density at radius 2 is 0.558 bits per heavy atom. The van der Waals surface area contributed by atoms with Gasteiger partial charge in [0.1, 0.15) is 19.3 Å². The number of rotatable bonds is 64. The second kappa shape index (κ2) is 57.0. The normalized spacial score (nSPS) is 14.7. The molecule has 0 heterocycles. The van der Waals surface area contributed by atoms with Crippen LogP contribution in [0.15, 0.2) is 0 Å². The highest BCUT2D eigenvalue weighted by atomic mass is 31.2. The van der Waals surface area contributed by atoms with Gasteiger partial charge < -0.3 is 33.8 Å². The van der Waals surface area contributed by atoms with E-state index in [9.17, 15) is 43.2 Å². The standard InChI is InChI=1S/C67H130O17P2/c1-9-60(8)46-38-30-24-26-32-40-48-65(70)78-54-63(83-66(71)49-41-33-21-16-14-12-10-11-13-15-19-27-35-43-57(2)3)56-82-86(75,76)80-52-61(68)51-79-85(73,74)81-55-62(53-77-64(69)47-39-31-25-23-29-37-45-59(6)7)84-67(72)50-42-34-22-18-17-20-28-36-44-58(4)5/h57-63,68H,9-56H2,1-8H3,(H,73,74)(H,75,76)/t60?,61-,62-,63-/m1/s1. The molecule has 6 atom stereocenters. The van der Waals surface area contributed by atoms with Gasteiger partial charge in [-0.1, -0.05) is 274 Å². The number of unbranched alkanes of at least 4 members (excludes halogenated alkanes) is 29. The molecule has 0 rings (SSSR count). The number of phosphoric acid groups is 2. The molecular weight excluding hydrogens is 1140 g/mol. The molecule has 0 saturated carbocycles. The monoisotopic (exact) mass is 1270 g/mol. The Hall–Kier alpha value is -1.94. The summed E-state index contributed by atoms with van der Waals surface area (Å²) in [7, 11) is -9.90. The number of hydrogen-bond donors (Lipinski definition) is 3. The molecule has 0 fully saturated rings. The summed E-state index contributed by atoms with van der Waals surface area (Å²) in [6.07, 6.45) is 37.8. The minimum Gasteiger partial charge on any atom is -0.462 e. The van der Waals surface area contributed by atoms with Gasteiger partial charge in [-0.15, -0.1) is 0 Å². The molecule has 0 aromatic rings. The summed E-state index contributed by atoms with van der Waals surface area (Å²) in [6.45, 7) is 14.0. The van der Waals surface area contributed by atoms with Crippen LogP contribution < -0.4 is 0 Å². The summed E-state index contributed by atoms with van der Waals surface area (Å²) in [6, 6.07) is 0. The molecule has 0 saturated heterocycles. The lowest BCUT2D eigenvalue weighted by Gasteiger charge is -2.21. The molecule has 3 N–H and O–H groups in total. The quantitative estimate of drug-likeness (QED) is 0.0222. The molecule has 0 aromatic heterocycles. The van der Waals surface area contributed by atoms with Gasteiger partial charge >= 0.3 is 39.5 Å². The Morgan fingerprint density at radius 3 is 0.826 bits per heavy atom. The largest absolute Gasteiger partial charge is 0.472 e. The first-order valence-corrected chi connectivity index (χ1v) is 37.7. The van der Waals surface area contributed by atoms with Crippen LogP contribution in [0.2, 0.25) is 0 Å². The maximum absolute atomic E-state index is 13.0. The summed E-state index contributed by atoms with van der Waals surface area (Å²) in [4.78, 5) is 72.3. The third-order valence-electron chi connectivity index (χ3n) is 15.7. The molecule has 0 aromatic carbocycles. The maximum atomic E-state index is 13.0. The van der Waals surface area contributed by atoms with Crippen molar-refractivity contribution in [2.24, 2.45) is 23.7 Å². The Morgan fingerprint density at radius 1 is 0.326 bits per heavy atom. The predicted molar refractivity (Wildman–Crippen MR) is 344 cm³/mol. The molecule has 510 valence electrons. The van der Waals surface area contributed by atoms with Gasteiger partial charge in [0.25, 0.3) is 0 Å². The molecule has 0 radical (unpaired) electrons. The number of carbonyl (C=O) groups excluding carboxylic acids is 4. The molecule has 0 spiro atoms. The second-order valence-corrected chi connectivity index (χ2v) is 28.8. The fourth-order valence-electron chi connectivity index (χ4n) is 9.93. The average Bonchev–Trinajstić information content (AvgIpc) is 3.68. The average molecular weight is 1270 g/mol. The third kappa shape index (κ3) is 59.7. The van der Waals surface area contributed by atoms with E-state index >= 15 is 0 Å². The van der Waals surface area contributed by atoms with Gasteiger partial charge in [-0.2, -0.15) is 0 Å². The van der Waals surface area contributed by atoms with E-state index in [1.54, 1.807) is 0 Å². The summed E-state index contributed by atoms with van der Waals surface area (Å²) in [5.41, 5.74) is 0. The van der Waals surface area contributed by atoms with Gasteiger partial charge in [0.15, 0.2) is 12.2 Å². The second-order valence-electron chi connectivity index (χ2n) is 25.9. The number of aliphatic hydroxyl groups is 1. The zero-order chi connectivity index (χ0) is 63.9. The lowest BCUT2D eigenvalue weighted by atomic mass is 10.00. The van der Waals surface area contributed by atoms with Gasteiger partial charge in [0, 0.05) is 25.7 Å². The molecule has 0 amide bonds. The van der Waals surface area contributed by atoms with E-state index in [0.29, 0.717) is 31.6 Å². The first kappa shape index (κ1) is 84.1. The smallest absolute Gasteiger partial charge is 0.462 e. The van der Waals surface area contributed by atoms with Gasteiger partial charge in [0.05, 0.1) is 26.4 Å². The Labute approximate surface area is 524 Å². The Balaban J connectivity index is 5.23. The number of aliphatic hydroxyl groups excluding tert-OH is 1. The maximum Gasteiger partial charge on any atom is 0.472 e. The lowest BCUT2D eigenvalue weighted by molar-refractivity contribution is -0.161. The van der Waals surface area contributed by atoms with Crippen molar-refractivity contribution in [3.05, 3.63) is 0 Å². The molecule has 3 unspecified atom stereocenters. The SMILES string of the molecule is CCC(C)CCCCCCCCC(=O)OC[C@H](COP(=O)(O)OC[C@H](O)COP(=O)(O)OC[C@@H](COC(=O)CCCCCCCCC(C)C)OC(=O)CCCCCCCCCCC(C)C)OC(=O)CCCCCCCCCCCCCCCC(C)C. The van der Waals surface area contributed by atoms with Crippen LogP contribution in [-0.2, 0) is 65.4 Å². The van der Waals surface area contributed by atoms with Crippen molar-refractivity contribution in [2.75, 3.05) is 39.6 Å². The van der Waals surface area contributed by atoms with Crippen molar-refractivity contribution >= 4 is 39.5 Å². The van der Waals surface area contributed by atoms with Crippen LogP contribution in [0, 0.1) is 23.7 Å². The highest BCUT2D eigenvalue weighted by Crippen LogP contribution is 2.45. The minimum atomic E-state index is -4.95. The van der Waals surface area contributed by atoms with E-state index < -0.39 is 97.5 Å². The minimum absolute atomic E-state index is 0.103. The molecule has 0 aliphatic carbocycles. The summed E-state index contributed by atoms with van der Waals surface area (Å²) < 4.78 is 68.1. The Kier molecular flexibility index (Phi) is 55.7. The number of phosphoric ester groups is 2. The third-order valence-corrected chi connectivity index (χ3v) is 17.6. The van der Waals surface area contributed by atoms with E-state index in [2.05, 4.69) is 55.4 Å². The van der Waals surface area contributed by atoms with E-state index in [4.69, 9.17) is 37.0 Å². The van der Waals surface area contributed by atoms with Crippen LogP contribution in [0.25, 0.3) is 0 Å². The molecule has 19 heteroatoms. The molecule has 86 heavy (non-hydrogen) atoms. The molecule has 0 bridgehead atoms. The van der Waals surface area contributed by atoms with E-state index in [0.717, 1.165) is 120 Å². The first-order chi connectivity index (χ1) is 41.1. The highest BCUT2D eigenvalue weighted by Gasteiger charge is 2.30. The summed E-state index contributed by atoms with van der Waals surface area (Å²) in [5, 5.41) is 10.6. The highest BCUT2D eigenvalue weighted by molar-refractivity contribution is 7.47. The number of ether oxygens (including phenoxy) is 4. The molecule has 17 nitrogen and oxygen atoms in total. The van der Waals surface area contributed by atoms with Gasteiger partial charge in [-0.25, -0.2) is 9.13 Å². The predicted octanol–water partition coefficient (Wildman–Crippen LogP) is 18.5. The van der Waals surface area contributed by atoms with Crippen molar-refractivity contribution in [3.63, 3.8) is 0 Å². The van der Waals surface area contributed by atoms with Crippen LogP contribution in [0.3, 0.4) is 0 Å². The lowest BCUT2D eigenvalue weighted by Crippen LogP contribution is -2.30. The Bertz CT molecular complexity index is 1720. The van der Waals surface area contributed by atoms with Crippen molar-refractivity contribution in [1.82, 2.24) is 0 Å². The molecule has 0 aliphatic heterocycles. The van der Waals surface area contributed by atoms with Gasteiger partial charge in [-0.05, 0) is 49.4 Å². The van der Waals surface area contributed by atoms with E-state index in [-0.39, 0.29) is 25.7 Å². The first-order valence-electron chi connectivity index (χ1n) is 34.7. The topological polar surface area (TPSA) is 237 Å². The van der Waals surface area contributed by atoms with Crippen molar-refractivity contribution in [1.29, 1.82) is 0 Å². The number of carbonyl (C=O) groups is 4.